The van der Waals surface area contributed by atoms with E-state index in [1.807, 2.05) is 18.7 Å². The normalized spacial score (nSPS) is 16.5. The van der Waals surface area contributed by atoms with E-state index in [1.165, 1.54) is 25.7 Å². The van der Waals surface area contributed by atoms with Gasteiger partial charge in [0.1, 0.15) is 0 Å². The second kappa shape index (κ2) is 10.1. The van der Waals surface area contributed by atoms with Crippen molar-refractivity contribution in [3.8, 4) is 0 Å². The quantitative estimate of drug-likeness (QED) is 0.295. The van der Waals surface area contributed by atoms with Gasteiger partial charge in [-0.1, -0.05) is 13.3 Å². The highest BCUT2D eigenvalue weighted by atomic mass is 127. The van der Waals surface area contributed by atoms with Crippen LogP contribution in [0.15, 0.2) is 23.7 Å². The number of hydrogen-bond donors (Lipinski definition) is 2. The first-order valence-electron chi connectivity index (χ1n) is 8.26. The molecule has 126 valence electrons. The van der Waals surface area contributed by atoms with E-state index in [0.29, 0.717) is 5.41 Å². The van der Waals surface area contributed by atoms with E-state index in [9.17, 15) is 0 Å². The highest BCUT2D eigenvalue weighted by Gasteiger charge is 2.34. The van der Waals surface area contributed by atoms with Crippen LogP contribution in [0.25, 0.3) is 0 Å². The first-order valence-corrected chi connectivity index (χ1v) is 8.26. The Bertz CT molecular complexity index is 420. The third-order valence-corrected chi connectivity index (χ3v) is 4.53. The zero-order chi connectivity index (χ0) is 15.0. The molecule has 1 aromatic heterocycles. The molecule has 0 unspecified atom stereocenters. The number of rotatable bonds is 8. The average Bonchev–Trinajstić information content (AvgIpc) is 2.96. The van der Waals surface area contributed by atoms with Gasteiger partial charge in [-0.2, -0.15) is 0 Å². The van der Waals surface area contributed by atoms with Gasteiger partial charge in [0, 0.05) is 38.6 Å². The summed E-state index contributed by atoms with van der Waals surface area (Å²) in [7, 11) is 0. The van der Waals surface area contributed by atoms with E-state index in [2.05, 4.69) is 34.0 Å². The number of aliphatic imine (C=N–C) groups is 1. The van der Waals surface area contributed by atoms with E-state index >= 15 is 0 Å². The van der Waals surface area contributed by atoms with Crippen LogP contribution in [0.4, 0.5) is 0 Å². The fourth-order valence-corrected chi connectivity index (χ4v) is 2.78. The van der Waals surface area contributed by atoms with Gasteiger partial charge >= 0.3 is 0 Å². The Morgan fingerprint density at radius 1 is 1.32 bits per heavy atom. The maximum Gasteiger partial charge on any atom is 0.191 e. The first-order chi connectivity index (χ1) is 10.3. The number of guanidine groups is 1. The summed E-state index contributed by atoms with van der Waals surface area (Å²) in [6.07, 6.45) is 12.1. The van der Waals surface area contributed by atoms with Crippen molar-refractivity contribution in [2.45, 2.75) is 52.5 Å². The van der Waals surface area contributed by atoms with Crippen LogP contribution in [0.3, 0.4) is 0 Å². The van der Waals surface area contributed by atoms with Crippen molar-refractivity contribution in [1.29, 1.82) is 0 Å². The summed E-state index contributed by atoms with van der Waals surface area (Å²) in [4.78, 5) is 8.84. The molecule has 0 aliphatic heterocycles. The molecule has 0 amide bonds. The van der Waals surface area contributed by atoms with Crippen LogP contribution in [0.5, 0.6) is 0 Å². The fraction of sp³-hybridized carbons (Fsp3) is 0.750. The van der Waals surface area contributed by atoms with Gasteiger partial charge in [-0.15, -0.1) is 24.0 Å². The molecule has 0 radical (unpaired) electrons. The fourth-order valence-electron chi connectivity index (χ4n) is 2.78. The lowest BCUT2D eigenvalue weighted by Crippen LogP contribution is -2.40. The smallest absolute Gasteiger partial charge is 0.191 e. The van der Waals surface area contributed by atoms with Crippen molar-refractivity contribution in [2.75, 3.05) is 19.6 Å². The molecule has 6 heteroatoms. The molecule has 0 atom stereocenters. The number of halogens is 1. The van der Waals surface area contributed by atoms with E-state index in [4.69, 9.17) is 4.99 Å². The van der Waals surface area contributed by atoms with Gasteiger partial charge in [0.15, 0.2) is 5.96 Å². The Morgan fingerprint density at radius 2 is 2.14 bits per heavy atom. The molecular formula is C16H30IN5. The SMILES string of the molecule is CCNC(=NCC1(CC)CCC1)NCCCn1ccnc1.I. The van der Waals surface area contributed by atoms with E-state index in [0.717, 1.165) is 38.6 Å². The average molecular weight is 419 g/mol. The summed E-state index contributed by atoms with van der Waals surface area (Å²) in [6, 6.07) is 0. The third kappa shape index (κ3) is 5.78. The van der Waals surface area contributed by atoms with Gasteiger partial charge in [0.25, 0.3) is 0 Å². The number of nitrogens with zero attached hydrogens (tertiary/aromatic N) is 3. The Kier molecular flexibility index (Phi) is 8.82. The first kappa shape index (κ1) is 19.3. The molecule has 5 nitrogen and oxygen atoms in total. The second-order valence-corrected chi connectivity index (χ2v) is 5.98. The lowest BCUT2D eigenvalue weighted by atomic mass is 9.67. The van der Waals surface area contributed by atoms with Gasteiger partial charge in [-0.25, -0.2) is 4.98 Å². The zero-order valence-electron chi connectivity index (χ0n) is 13.8. The monoisotopic (exact) mass is 419 g/mol. The summed E-state index contributed by atoms with van der Waals surface area (Å²) in [5.74, 6) is 0.961. The molecule has 0 spiro atoms. The molecule has 1 heterocycles. The van der Waals surface area contributed by atoms with Crippen LogP contribution < -0.4 is 10.6 Å². The second-order valence-electron chi connectivity index (χ2n) is 5.98. The Labute approximate surface area is 151 Å². The zero-order valence-corrected chi connectivity index (χ0v) is 16.2. The van der Waals surface area contributed by atoms with Gasteiger partial charge < -0.3 is 15.2 Å². The molecule has 1 aliphatic carbocycles. The summed E-state index contributed by atoms with van der Waals surface area (Å²) in [5, 5.41) is 6.77. The molecule has 2 N–H and O–H groups in total. The van der Waals surface area contributed by atoms with Crippen LogP contribution >= 0.6 is 24.0 Å². The molecule has 1 fully saturated rings. The van der Waals surface area contributed by atoms with E-state index in [-0.39, 0.29) is 24.0 Å². The van der Waals surface area contributed by atoms with Crippen molar-refractivity contribution < 1.29 is 0 Å². The summed E-state index contributed by atoms with van der Waals surface area (Å²) in [5.41, 5.74) is 0.485. The molecule has 0 aromatic carbocycles. The third-order valence-electron chi connectivity index (χ3n) is 4.53. The van der Waals surface area contributed by atoms with Crippen LogP contribution in [-0.2, 0) is 6.54 Å². The minimum absolute atomic E-state index is 0. The predicted octanol–water partition coefficient (Wildman–Crippen LogP) is 3.03. The minimum atomic E-state index is 0. The molecule has 22 heavy (non-hydrogen) atoms. The number of aromatic nitrogens is 2. The molecule has 0 saturated heterocycles. The Morgan fingerprint density at radius 3 is 2.68 bits per heavy atom. The predicted molar refractivity (Wildman–Crippen MR) is 103 cm³/mol. The van der Waals surface area contributed by atoms with Crippen molar-refractivity contribution in [3.63, 3.8) is 0 Å². The topological polar surface area (TPSA) is 54.2 Å². The van der Waals surface area contributed by atoms with Gasteiger partial charge in [-0.05, 0) is 38.0 Å². The van der Waals surface area contributed by atoms with Crippen LogP contribution in [0.2, 0.25) is 0 Å². The highest BCUT2D eigenvalue weighted by molar-refractivity contribution is 14.0. The molecule has 2 rings (SSSR count). The Hall–Kier alpha value is -0.790. The molecule has 1 aromatic rings. The molecular weight excluding hydrogens is 389 g/mol. The van der Waals surface area contributed by atoms with Crippen molar-refractivity contribution in [3.05, 3.63) is 18.7 Å². The Balaban J connectivity index is 0.00000242. The number of hydrogen-bond acceptors (Lipinski definition) is 2. The number of imidazole rings is 1. The van der Waals surface area contributed by atoms with Crippen molar-refractivity contribution >= 4 is 29.9 Å². The van der Waals surface area contributed by atoms with Gasteiger partial charge in [-0.3, -0.25) is 4.99 Å². The lowest BCUT2D eigenvalue weighted by Gasteiger charge is -2.40. The van der Waals surface area contributed by atoms with Gasteiger partial charge in [0.05, 0.1) is 6.33 Å². The standard InChI is InChI=1S/C16H29N5.HI/c1-3-16(7-5-8-16)13-20-15(18-4-2)19-9-6-11-21-12-10-17-14-21;/h10,12,14H,3-9,11,13H2,1-2H3,(H2,18,19,20);1H. The maximum absolute atomic E-state index is 4.79. The van der Waals surface area contributed by atoms with Crippen LogP contribution in [0, 0.1) is 5.41 Å². The van der Waals surface area contributed by atoms with Crippen molar-refractivity contribution in [1.82, 2.24) is 20.2 Å². The van der Waals surface area contributed by atoms with Crippen LogP contribution in [0.1, 0.15) is 46.0 Å². The maximum atomic E-state index is 4.79. The van der Waals surface area contributed by atoms with E-state index in [1.54, 1.807) is 0 Å². The van der Waals surface area contributed by atoms with Crippen molar-refractivity contribution in [2.24, 2.45) is 10.4 Å². The van der Waals surface area contributed by atoms with E-state index < -0.39 is 0 Å². The summed E-state index contributed by atoms with van der Waals surface area (Å²) < 4.78 is 2.10. The molecule has 1 saturated carbocycles. The largest absolute Gasteiger partial charge is 0.357 e. The van der Waals surface area contributed by atoms with Crippen LogP contribution in [-0.4, -0.2) is 35.1 Å². The summed E-state index contributed by atoms with van der Waals surface area (Å²) >= 11 is 0. The molecule has 1 aliphatic rings. The van der Waals surface area contributed by atoms with Gasteiger partial charge in [0.2, 0.25) is 0 Å². The highest BCUT2D eigenvalue weighted by Crippen LogP contribution is 2.43. The molecule has 0 bridgehead atoms. The number of nitrogens with one attached hydrogen (secondary N) is 2. The number of aryl methyl sites for hydroxylation is 1. The lowest BCUT2D eigenvalue weighted by molar-refractivity contribution is 0.139. The minimum Gasteiger partial charge on any atom is -0.357 e. The summed E-state index contributed by atoms with van der Waals surface area (Å²) in [6.45, 7) is 8.20.